The lowest BCUT2D eigenvalue weighted by Gasteiger charge is -2.20. The Bertz CT molecular complexity index is 768. The SMILES string of the molecule is CNC(c1ccc(F)cc1)c1ccc(Cl)c2ccccc12. The van der Waals surface area contributed by atoms with Crippen LogP contribution in [0.5, 0.6) is 0 Å². The molecule has 3 aromatic carbocycles. The Balaban J connectivity index is 2.17. The fraction of sp³-hybridized carbons (Fsp3) is 0.111. The third-order valence-electron chi connectivity index (χ3n) is 3.71. The Kier molecular flexibility index (Phi) is 3.91. The van der Waals surface area contributed by atoms with Crippen LogP contribution in [0.4, 0.5) is 4.39 Å². The summed E-state index contributed by atoms with van der Waals surface area (Å²) >= 11 is 6.27. The van der Waals surface area contributed by atoms with Crippen LogP contribution in [0, 0.1) is 5.82 Å². The summed E-state index contributed by atoms with van der Waals surface area (Å²) in [6.07, 6.45) is 0. The van der Waals surface area contributed by atoms with E-state index in [2.05, 4.69) is 11.4 Å². The lowest BCUT2D eigenvalue weighted by Crippen LogP contribution is -2.18. The number of nitrogens with one attached hydrogen (secondary N) is 1. The molecule has 1 nitrogen and oxygen atoms in total. The van der Waals surface area contributed by atoms with E-state index in [1.54, 1.807) is 12.1 Å². The Morgan fingerprint density at radius 3 is 2.24 bits per heavy atom. The molecule has 3 rings (SSSR count). The highest BCUT2D eigenvalue weighted by atomic mass is 35.5. The van der Waals surface area contributed by atoms with Gasteiger partial charge in [0.2, 0.25) is 0 Å². The second-order valence-electron chi connectivity index (χ2n) is 4.96. The molecule has 106 valence electrons. The molecule has 0 aliphatic heterocycles. The predicted octanol–water partition coefficient (Wildman–Crippen LogP) is 4.94. The molecule has 1 atom stereocenters. The van der Waals surface area contributed by atoms with Gasteiger partial charge in [0.05, 0.1) is 6.04 Å². The highest BCUT2D eigenvalue weighted by molar-refractivity contribution is 6.35. The molecule has 0 fully saturated rings. The second kappa shape index (κ2) is 5.84. The van der Waals surface area contributed by atoms with Crippen LogP contribution in [-0.2, 0) is 0 Å². The van der Waals surface area contributed by atoms with Crippen molar-refractivity contribution in [2.45, 2.75) is 6.04 Å². The van der Waals surface area contributed by atoms with Crippen molar-refractivity contribution < 1.29 is 4.39 Å². The largest absolute Gasteiger partial charge is 0.309 e. The molecule has 1 unspecified atom stereocenters. The van der Waals surface area contributed by atoms with Crippen LogP contribution in [-0.4, -0.2) is 7.05 Å². The van der Waals surface area contributed by atoms with E-state index in [1.807, 2.05) is 37.4 Å². The van der Waals surface area contributed by atoms with Gasteiger partial charge in [0.15, 0.2) is 0 Å². The van der Waals surface area contributed by atoms with E-state index in [1.165, 1.54) is 12.1 Å². The average Bonchev–Trinajstić information content (AvgIpc) is 2.52. The molecule has 0 heterocycles. The van der Waals surface area contributed by atoms with Crippen molar-refractivity contribution in [1.29, 1.82) is 0 Å². The van der Waals surface area contributed by atoms with Crippen LogP contribution in [0.15, 0.2) is 60.7 Å². The first-order valence-corrected chi connectivity index (χ1v) is 7.18. The van der Waals surface area contributed by atoms with Crippen molar-refractivity contribution in [3.63, 3.8) is 0 Å². The molecule has 0 aliphatic rings. The summed E-state index contributed by atoms with van der Waals surface area (Å²) in [5.74, 6) is -0.227. The Labute approximate surface area is 128 Å². The molecule has 0 radical (unpaired) electrons. The average molecular weight is 300 g/mol. The minimum atomic E-state index is -0.227. The molecule has 0 aliphatic carbocycles. The van der Waals surface area contributed by atoms with Gasteiger partial charge < -0.3 is 5.32 Å². The highest BCUT2D eigenvalue weighted by Crippen LogP contribution is 2.32. The second-order valence-corrected chi connectivity index (χ2v) is 5.36. The molecule has 0 aromatic heterocycles. The van der Waals surface area contributed by atoms with Gasteiger partial charge in [-0.05, 0) is 41.8 Å². The first-order chi connectivity index (χ1) is 10.2. The third kappa shape index (κ3) is 2.65. The molecular formula is C18H15ClFN. The van der Waals surface area contributed by atoms with Crippen LogP contribution >= 0.6 is 11.6 Å². The van der Waals surface area contributed by atoms with E-state index >= 15 is 0 Å². The Hall–Kier alpha value is -1.90. The highest BCUT2D eigenvalue weighted by Gasteiger charge is 2.15. The first-order valence-electron chi connectivity index (χ1n) is 6.80. The minimum absolute atomic E-state index is 0.00670. The maximum Gasteiger partial charge on any atom is 0.123 e. The molecular weight excluding hydrogens is 285 g/mol. The van der Waals surface area contributed by atoms with Crippen molar-refractivity contribution in [1.82, 2.24) is 5.32 Å². The van der Waals surface area contributed by atoms with Gasteiger partial charge in [-0.15, -0.1) is 0 Å². The van der Waals surface area contributed by atoms with Crippen LogP contribution in [0.1, 0.15) is 17.2 Å². The number of hydrogen-bond donors (Lipinski definition) is 1. The van der Waals surface area contributed by atoms with Gasteiger partial charge in [0.1, 0.15) is 5.82 Å². The zero-order valence-corrected chi connectivity index (χ0v) is 12.4. The van der Waals surface area contributed by atoms with Gasteiger partial charge in [-0.3, -0.25) is 0 Å². The summed E-state index contributed by atoms with van der Waals surface area (Å²) in [5.41, 5.74) is 2.15. The van der Waals surface area contributed by atoms with Gasteiger partial charge in [-0.2, -0.15) is 0 Å². The normalized spacial score (nSPS) is 12.5. The maximum atomic E-state index is 13.1. The smallest absolute Gasteiger partial charge is 0.123 e. The topological polar surface area (TPSA) is 12.0 Å². The van der Waals surface area contributed by atoms with E-state index in [9.17, 15) is 4.39 Å². The number of hydrogen-bond acceptors (Lipinski definition) is 1. The molecule has 0 amide bonds. The van der Waals surface area contributed by atoms with Gasteiger partial charge in [0, 0.05) is 10.4 Å². The summed E-state index contributed by atoms with van der Waals surface area (Å²) in [6, 6.07) is 18.6. The lowest BCUT2D eigenvalue weighted by atomic mass is 9.94. The van der Waals surface area contributed by atoms with Crippen molar-refractivity contribution >= 4 is 22.4 Å². The van der Waals surface area contributed by atoms with Crippen LogP contribution in [0.2, 0.25) is 5.02 Å². The van der Waals surface area contributed by atoms with E-state index in [-0.39, 0.29) is 11.9 Å². The number of benzene rings is 3. The molecule has 0 spiro atoms. The summed E-state index contributed by atoms with van der Waals surface area (Å²) in [5, 5.41) is 6.17. The maximum absolute atomic E-state index is 13.1. The van der Waals surface area contributed by atoms with Gasteiger partial charge in [-0.25, -0.2) is 4.39 Å². The summed E-state index contributed by atoms with van der Waals surface area (Å²) in [4.78, 5) is 0. The van der Waals surface area contributed by atoms with Gasteiger partial charge in [0.25, 0.3) is 0 Å². The van der Waals surface area contributed by atoms with Crippen molar-refractivity contribution in [3.8, 4) is 0 Å². The van der Waals surface area contributed by atoms with E-state index in [0.717, 1.165) is 26.9 Å². The minimum Gasteiger partial charge on any atom is -0.309 e. The standard InChI is InChI=1S/C18H15ClFN/c1-21-18(12-6-8-13(20)9-7-12)16-10-11-17(19)15-5-3-2-4-14(15)16/h2-11,18,21H,1H3. The molecule has 1 N–H and O–H groups in total. The Morgan fingerprint density at radius 2 is 1.57 bits per heavy atom. The zero-order chi connectivity index (χ0) is 14.8. The fourth-order valence-corrected chi connectivity index (χ4v) is 2.92. The predicted molar refractivity (Wildman–Crippen MR) is 86.3 cm³/mol. The van der Waals surface area contributed by atoms with Crippen LogP contribution in [0.25, 0.3) is 10.8 Å². The van der Waals surface area contributed by atoms with Gasteiger partial charge in [-0.1, -0.05) is 54.1 Å². The lowest BCUT2D eigenvalue weighted by molar-refractivity contribution is 0.623. The summed E-state index contributed by atoms with van der Waals surface area (Å²) < 4.78 is 13.1. The van der Waals surface area contributed by atoms with Crippen molar-refractivity contribution in [2.24, 2.45) is 0 Å². The van der Waals surface area contributed by atoms with Crippen molar-refractivity contribution in [2.75, 3.05) is 7.05 Å². The Morgan fingerprint density at radius 1 is 0.905 bits per heavy atom. The molecule has 0 saturated carbocycles. The fourth-order valence-electron chi connectivity index (χ4n) is 2.69. The zero-order valence-electron chi connectivity index (χ0n) is 11.6. The van der Waals surface area contributed by atoms with Crippen LogP contribution in [0.3, 0.4) is 0 Å². The van der Waals surface area contributed by atoms with Gasteiger partial charge >= 0.3 is 0 Å². The van der Waals surface area contributed by atoms with E-state index < -0.39 is 0 Å². The number of halogens is 2. The third-order valence-corrected chi connectivity index (χ3v) is 4.04. The molecule has 3 aromatic rings. The van der Waals surface area contributed by atoms with E-state index in [4.69, 9.17) is 11.6 Å². The molecule has 21 heavy (non-hydrogen) atoms. The summed E-state index contributed by atoms with van der Waals surface area (Å²) in [6.45, 7) is 0. The summed E-state index contributed by atoms with van der Waals surface area (Å²) in [7, 11) is 1.90. The molecule has 0 bridgehead atoms. The van der Waals surface area contributed by atoms with Crippen molar-refractivity contribution in [3.05, 3.63) is 82.6 Å². The van der Waals surface area contributed by atoms with E-state index in [0.29, 0.717) is 0 Å². The van der Waals surface area contributed by atoms with Crippen LogP contribution < -0.4 is 5.32 Å². The quantitative estimate of drug-likeness (QED) is 0.722. The number of rotatable bonds is 3. The number of fused-ring (bicyclic) bond motifs is 1. The molecule has 0 saturated heterocycles. The molecule has 3 heteroatoms. The first kappa shape index (κ1) is 14.1. The monoisotopic (exact) mass is 299 g/mol.